The molecule has 13 heteroatoms. The molecule has 0 spiro atoms. The van der Waals surface area contributed by atoms with Crippen molar-refractivity contribution >= 4 is 44.5 Å². The number of fused-ring (bicyclic) bond motifs is 1. The number of carbonyl (C=O) groups excluding carboxylic acids is 3. The molecule has 1 saturated heterocycles. The minimum absolute atomic E-state index is 0.00961. The van der Waals surface area contributed by atoms with E-state index >= 15 is 0 Å². The number of hydrogen-bond acceptors (Lipinski definition) is 7. The van der Waals surface area contributed by atoms with E-state index in [-0.39, 0.29) is 23.3 Å². The van der Waals surface area contributed by atoms with Crippen molar-refractivity contribution in [2.45, 2.75) is 43.7 Å². The molecular formula is C30H36N6O6S. The topological polar surface area (TPSA) is 175 Å². The van der Waals surface area contributed by atoms with Crippen molar-refractivity contribution in [3.63, 3.8) is 0 Å². The molecule has 1 aliphatic heterocycles. The molecule has 0 saturated carbocycles. The Hall–Kier alpha value is -4.49. The number of piperidine rings is 1. The van der Waals surface area contributed by atoms with E-state index < -0.39 is 40.3 Å². The fourth-order valence-corrected chi connectivity index (χ4v) is 6.12. The number of likely N-dealkylation sites (tertiary alicyclic amines) is 1. The van der Waals surface area contributed by atoms with Crippen molar-refractivity contribution < 1.29 is 27.6 Å². The average Bonchev–Trinajstić information content (AvgIpc) is 2.99. The number of benzene rings is 3. The Bertz CT molecular complexity index is 1570. The molecule has 3 aromatic carbocycles. The van der Waals surface area contributed by atoms with Crippen molar-refractivity contribution in [1.82, 2.24) is 20.0 Å². The minimum Gasteiger partial charge on any atom is -0.370 e. The number of nitrogens with two attached hydrogens (primary N) is 1. The molecule has 2 amide bonds. The first-order valence-electron chi connectivity index (χ1n) is 13.9. The first kappa shape index (κ1) is 31.4. The van der Waals surface area contributed by atoms with E-state index in [4.69, 9.17) is 16.0 Å². The molecule has 5 N–H and O–H groups in total. The SMILES string of the molecule is CC(=O)ON(Cc1ccccc1)C(=O)C(CC(=O)NCC1CCN(C(=N)N)CC1)NS(=O)(=O)c1ccc2ccccc2c1. The second kappa shape index (κ2) is 14.1. The van der Waals surface area contributed by atoms with Gasteiger partial charge in [-0.3, -0.25) is 19.8 Å². The van der Waals surface area contributed by atoms with Crippen LogP contribution < -0.4 is 15.8 Å². The quantitative estimate of drug-likeness (QED) is 0.154. The van der Waals surface area contributed by atoms with E-state index in [1.807, 2.05) is 12.1 Å². The third-order valence-electron chi connectivity index (χ3n) is 7.21. The summed E-state index contributed by atoms with van der Waals surface area (Å²) in [4.78, 5) is 45.6. The maximum absolute atomic E-state index is 13.8. The maximum Gasteiger partial charge on any atom is 0.329 e. The van der Waals surface area contributed by atoms with Crippen molar-refractivity contribution in [2.75, 3.05) is 19.6 Å². The van der Waals surface area contributed by atoms with E-state index in [9.17, 15) is 22.8 Å². The normalized spacial score (nSPS) is 14.6. The summed E-state index contributed by atoms with van der Waals surface area (Å²) in [6, 6.07) is 19.0. The predicted molar refractivity (Wildman–Crippen MR) is 161 cm³/mol. The Morgan fingerprint density at radius 1 is 1.02 bits per heavy atom. The first-order chi connectivity index (χ1) is 20.5. The van der Waals surface area contributed by atoms with Crippen LogP contribution in [0.4, 0.5) is 0 Å². The molecule has 1 aliphatic rings. The van der Waals surface area contributed by atoms with Crippen LogP contribution in [0.3, 0.4) is 0 Å². The number of rotatable bonds is 10. The van der Waals surface area contributed by atoms with Gasteiger partial charge in [0.2, 0.25) is 15.9 Å². The zero-order valence-corrected chi connectivity index (χ0v) is 24.7. The second-order valence-corrected chi connectivity index (χ2v) is 12.2. The lowest BCUT2D eigenvalue weighted by Gasteiger charge is -2.32. The first-order valence-corrected chi connectivity index (χ1v) is 15.4. The Balaban J connectivity index is 1.54. The van der Waals surface area contributed by atoms with Gasteiger partial charge in [-0.1, -0.05) is 60.7 Å². The summed E-state index contributed by atoms with van der Waals surface area (Å²) in [6.07, 6.45) is 0.909. The molecule has 228 valence electrons. The third-order valence-corrected chi connectivity index (χ3v) is 8.68. The number of hydroxylamine groups is 2. The number of hydrogen-bond donors (Lipinski definition) is 4. The summed E-state index contributed by atoms with van der Waals surface area (Å²) >= 11 is 0. The largest absolute Gasteiger partial charge is 0.370 e. The van der Waals surface area contributed by atoms with E-state index in [1.54, 1.807) is 53.4 Å². The smallest absolute Gasteiger partial charge is 0.329 e. The summed E-state index contributed by atoms with van der Waals surface area (Å²) in [5.74, 6) is -2.07. The molecule has 0 radical (unpaired) electrons. The molecule has 1 atom stereocenters. The van der Waals surface area contributed by atoms with Crippen molar-refractivity contribution in [2.24, 2.45) is 11.7 Å². The van der Waals surface area contributed by atoms with Crippen LogP contribution in [0.15, 0.2) is 77.7 Å². The number of nitrogens with one attached hydrogen (secondary N) is 3. The van der Waals surface area contributed by atoms with Gasteiger partial charge in [0.15, 0.2) is 5.96 Å². The molecule has 0 aliphatic carbocycles. The highest BCUT2D eigenvalue weighted by Gasteiger charge is 2.33. The maximum atomic E-state index is 13.8. The van der Waals surface area contributed by atoms with Gasteiger partial charge in [-0.2, -0.15) is 9.79 Å². The van der Waals surface area contributed by atoms with E-state index in [1.165, 1.54) is 12.1 Å². The molecule has 4 rings (SSSR count). The van der Waals surface area contributed by atoms with Crippen LogP contribution in [0.2, 0.25) is 0 Å². The predicted octanol–water partition coefficient (Wildman–Crippen LogP) is 2.11. The van der Waals surface area contributed by atoms with Gasteiger partial charge >= 0.3 is 5.97 Å². The molecule has 0 bridgehead atoms. The lowest BCUT2D eigenvalue weighted by molar-refractivity contribution is -0.200. The summed E-state index contributed by atoms with van der Waals surface area (Å²) in [6.45, 7) is 2.49. The molecular weight excluding hydrogens is 572 g/mol. The van der Waals surface area contributed by atoms with Crippen LogP contribution in [-0.4, -0.2) is 67.8 Å². The van der Waals surface area contributed by atoms with Crippen molar-refractivity contribution in [1.29, 1.82) is 5.41 Å². The van der Waals surface area contributed by atoms with Gasteiger partial charge in [-0.15, -0.1) is 0 Å². The molecule has 43 heavy (non-hydrogen) atoms. The summed E-state index contributed by atoms with van der Waals surface area (Å²) in [7, 11) is -4.28. The fourth-order valence-electron chi connectivity index (χ4n) is 4.90. The zero-order chi connectivity index (χ0) is 31.0. The van der Waals surface area contributed by atoms with Crippen molar-refractivity contribution in [3.05, 3.63) is 78.4 Å². The van der Waals surface area contributed by atoms with Crippen LogP contribution in [0, 0.1) is 11.3 Å². The van der Waals surface area contributed by atoms with Crippen LogP contribution in [0.5, 0.6) is 0 Å². The highest BCUT2D eigenvalue weighted by atomic mass is 32.2. The molecule has 3 aromatic rings. The monoisotopic (exact) mass is 608 g/mol. The zero-order valence-electron chi connectivity index (χ0n) is 23.9. The van der Waals surface area contributed by atoms with Gasteiger partial charge in [0.05, 0.1) is 17.9 Å². The van der Waals surface area contributed by atoms with E-state index in [2.05, 4.69) is 10.0 Å². The molecule has 1 heterocycles. The summed E-state index contributed by atoms with van der Waals surface area (Å²) < 4.78 is 29.4. The lowest BCUT2D eigenvalue weighted by atomic mass is 9.97. The van der Waals surface area contributed by atoms with Crippen LogP contribution >= 0.6 is 0 Å². The molecule has 0 aromatic heterocycles. The number of amides is 2. The van der Waals surface area contributed by atoms with Gasteiger partial charge in [0.25, 0.3) is 5.91 Å². The Labute approximate surface area is 250 Å². The van der Waals surface area contributed by atoms with Gasteiger partial charge in [0, 0.05) is 26.6 Å². The van der Waals surface area contributed by atoms with Crippen LogP contribution in [0.25, 0.3) is 10.8 Å². The highest BCUT2D eigenvalue weighted by Crippen LogP contribution is 2.20. The second-order valence-electron chi connectivity index (χ2n) is 10.5. The summed E-state index contributed by atoms with van der Waals surface area (Å²) in [5.41, 5.74) is 6.19. The molecule has 1 fully saturated rings. The number of guanidine groups is 1. The van der Waals surface area contributed by atoms with Gasteiger partial charge in [0.1, 0.15) is 6.04 Å². The van der Waals surface area contributed by atoms with E-state index in [0.717, 1.165) is 17.4 Å². The lowest BCUT2D eigenvalue weighted by Crippen LogP contribution is -2.51. The number of sulfonamides is 1. The Morgan fingerprint density at radius 3 is 2.33 bits per heavy atom. The number of carbonyl (C=O) groups is 3. The standard InChI is InChI=1S/C30H36N6O6S/c1-21(37)42-36(20-23-7-3-2-4-8-23)29(39)27(18-28(38)33-19-22-13-15-35(16-14-22)30(31)32)34-43(40,41)26-12-11-24-9-5-6-10-25(24)17-26/h2-12,17,22,27,34H,13-16,18-20H2,1H3,(H3,31,32)(H,33,38). The molecule has 1 unspecified atom stereocenters. The van der Waals surface area contributed by atoms with Gasteiger partial charge < -0.3 is 20.8 Å². The third kappa shape index (κ3) is 8.75. The number of nitrogens with zero attached hydrogens (tertiary/aromatic N) is 2. The average molecular weight is 609 g/mol. The van der Waals surface area contributed by atoms with Gasteiger partial charge in [-0.25, -0.2) is 8.42 Å². The van der Waals surface area contributed by atoms with E-state index in [0.29, 0.717) is 43.4 Å². The fraction of sp³-hybridized carbons (Fsp3) is 0.333. The molecule has 12 nitrogen and oxygen atoms in total. The van der Waals surface area contributed by atoms with Gasteiger partial charge in [-0.05, 0) is 47.2 Å². The highest BCUT2D eigenvalue weighted by molar-refractivity contribution is 7.89. The van der Waals surface area contributed by atoms with Crippen LogP contribution in [0.1, 0.15) is 31.7 Å². The van der Waals surface area contributed by atoms with Crippen LogP contribution in [-0.2, 0) is 35.8 Å². The minimum atomic E-state index is -4.28. The Morgan fingerprint density at radius 2 is 1.67 bits per heavy atom. The Kier molecular flexibility index (Phi) is 10.3. The summed E-state index contributed by atoms with van der Waals surface area (Å²) in [5, 5.41) is 12.7. The van der Waals surface area contributed by atoms with Crippen molar-refractivity contribution in [3.8, 4) is 0 Å².